The van der Waals surface area contributed by atoms with Crippen molar-refractivity contribution in [3.63, 3.8) is 0 Å². The molecule has 0 aliphatic carbocycles. The highest BCUT2D eigenvalue weighted by molar-refractivity contribution is 6.03. The SMILES string of the molecule is COCCN(CC(=O)N1N=C(c2ccccc2F)CC1c1ccccc1OC)C(=O)Nc1ccc(C(F)(F)F)cc1. The van der Waals surface area contributed by atoms with Gasteiger partial charge in [0.2, 0.25) is 0 Å². The van der Waals surface area contributed by atoms with Crippen molar-refractivity contribution in [3.8, 4) is 5.75 Å². The smallest absolute Gasteiger partial charge is 0.416 e. The van der Waals surface area contributed by atoms with Crippen LogP contribution >= 0.6 is 0 Å². The summed E-state index contributed by atoms with van der Waals surface area (Å²) in [6.45, 7) is -0.339. The first-order valence-electron chi connectivity index (χ1n) is 12.6. The number of alkyl halides is 3. The number of hydrazone groups is 1. The van der Waals surface area contributed by atoms with Crippen LogP contribution in [0.25, 0.3) is 0 Å². The predicted octanol–water partition coefficient (Wildman–Crippen LogP) is 5.71. The van der Waals surface area contributed by atoms with Crippen molar-refractivity contribution < 1.29 is 36.6 Å². The number of rotatable bonds is 9. The summed E-state index contributed by atoms with van der Waals surface area (Å²) >= 11 is 0. The Labute approximate surface area is 234 Å². The Morgan fingerprint density at radius 3 is 2.37 bits per heavy atom. The van der Waals surface area contributed by atoms with E-state index in [-0.39, 0.29) is 30.8 Å². The molecular weight excluding hydrogens is 544 g/mol. The summed E-state index contributed by atoms with van der Waals surface area (Å²) in [5.41, 5.74) is 0.507. The lowest BCUT2D eigenvalue weighted by Crippen LogP contribution is -2.44. The molecule has 216 valence electrons. The number of ether oxygens (including phenoxy) is 2. The number of carbonyl (C=O) groups is 2. The Balaban J connectivity index is 1.60. The van der Waals surface area contributed by atoms with Gasteiger partial charge >= 0.3 is 12.2 Å². The van der Waals surface area contributed by atoms with Crippen LogP contribution in [0.2, 0.25) is 0 Å². The second-order valence-corrected chi connectivity index (χ2v) is 9.15. The predicted molar refractivity (Wildman–Crippen MR) is 144 cm³/mol. The molecule has 1 unspecified atom stereocenters. The quantitative estimate of drug-likeness (QED) is 0.333. The zero-order chi connectivity index (χ0) is 29.6. The number of benzene rings is 3. The Morgan fingerprint density at radius 2 is 1.71 bits per heavy atom. The molecule has 1 atom stereocenters. The molecule has 41 heavy (non-hydrogen) atoms. The number of anilines is 1. The van der Waals surface area contributed by atoms with Crippen molar-refractivity contribution >= 4 is 23.3 Å². The molecule has 1 aliphatic heterocycles. The molecule has 12 heteroatoms. The summed E-state index contributed by atoms with van der Waals surface area (Å²) in [4.78, 5) is 27.9. The molecule has 0 radical (unpaired) electrons. The number of urea groups is 1. The van der Waals surface area contributed by atoms with Gasteiger partial charge in [0.15, 0.2) is 0 Å². The Morgan fingerprint density at radius 1 is 1.02 bits per heavy atom. The first kappa shape index (κ1) is 29.5. The minimum Gasteiger partial charge on any atom is -0.496 e. The number of nitrogens with zero attached hydrogens (tertiary/aromatic N) is 3. The summed E-state index contributed by atoms with van der Waals surface area (Å²) in [6.07, 6.45) is -4.32. The van der Waals surface area contributed by atoms with Gasteiger partial charge in [-0.2, -0.15) is 18.3 Å². The number of hydrogen-bond acceptors (Lipinski definition) is 5. The second kappa shape index (κ2) is 12.8. The average molecular weight is 573 g/mol. The zero-order valence-electron chi connectivity index (χ0n) is 22.3. The minimum absolute atomic E-state index is 0.00571. The van der Waals surface area contributed by atoms with Gasteiger partial charge in [-0.05, 0) is 36.4 Å². The minimum atomic E-state index is -4.52. The molecule has 4 rings (SSSR count). The van der Waals surface area contributed by atoms with Crippen LogP contribution in [0.4, 0.5) is 28.0 Å². The topological polar surface area (TPSA) is 83.5 Å². The molecule has 0 aromatic heterocycles. The lowest BCUT2D eigenvalue weighted by Gasteiger charge is -2.27. The number of hydrogen-bond donors (Lipinski definition) is 1. The van der Waals surface area contributed by atoms with Gasteiger partial charge in [-0.3, -0.25) is 4.79 Å². The van der Waals surface area contributed by atoms with E-state index in [1.807, 2.05) is 0 Å². The highest BCUT2D eigenvalue weighted by Gasteiger charge is 2.36. The first-order valence-corrected chi connectivity index (χ1v) is 12.6. The molecule has 3 amide bonds. The maximum Gasteiger partial charge on any atom is 0.416 e. The zero-order valence-corrected chi connectivity index (χ0v) is 22.3. The molecule has 1 aliphatic rings. The highest BCUT2D eigenvalue weighted by Crippen LogP contribution is 2.38. The van der Waals surface area contributed by atoms with Crippen LogP contribution in [0, 0.1) is 5.82 Å². The third-order valence-corrected chi connectivity index (χ3v) is 6.49. The van der Waals surface area contributed by atoms with Gasteiger partial charge in [-0.1, -0.05) is 36.4 Å². The van der Waals surface area contributed by atoms with Crippen LogP contribution in [0.5, 0.6) is 5.75 Å². The van der Waals surface area contributed by atoms with E-state index in [2.05, 4.69) is 10.4 Å². The standard InChI is InChI=1S/C29H28F4N4O4/c1-40-16-15-36(28(39)34-20-13-11-19(12-14-20)29(31,32)33)18-27(38)37-25(22-8-4-6-10-26(22)41-2)17-24(35-37)21-7-3-5-9-23(21)30/h3-14,25H,15-18H2,1-2H3,(H,34,39). The van der Waals surface area contributed by atoms with E-state index in [1.165, 1.54) is 30.2 Å². The number of para-hydroxylation sites is 1. The van der Waals surface area contributed by atoms with Gasteiger partial charge in [0, 0.05) is 36.9 Å². The summed E-state index contributed by atoms with van der Waals surface area (Å²) in [7, 11) is 2.92. The fourth-order valence-corrected chi connectivity index (χ4v) is 4.42. The van der Waals surface area contributed by atoms with Crippen LogP contribution < -0.4 is 10.1 Å². The largest absolute Gasteiger partial charge is 0.496 e. The van der Waals surface area contributed by atoms with Crippen molar-refractivity contribution in [1.29, 1.82) is 0 Å². The van der Waals surface area contributed by atoms with Gasteiger partial charge in [-0.15, -0.1) is 0 Å². The van der Waals surface area contributed by atoms with E-state index in [1.54, 1.807) is 42.5 Å². The van der Waals surface area contributed by atoms with Crippen LogP contribution in [0.15, 0.2) is 77.9 Å². The van der Waals surface area contributed by atoms with Gasteiger partial charge in [-0.25, -0.2) is 14.2 Å². The number of halogens is 4. The van der Waals surface area contributed by atoms with Crippen molar-refractivity contribution in [2.75, 3.05) is 39.2 Å². The van der Waals surface area contributed by atoms with E-state index in [9.17, 15) is 27.2 Å². The summed E-state index contributed by atoms with van der Waals surface area (Å²) in [5.74, 6) is -0.542. The van der Waals surface area contributed by atoms with Crippen LogP contribution in [0.1, 0.15) is 29.2 Å². The molecule has 1 heterocycles. The molecule has 0 fully saturated rings. The van der Waals surface area contributed by atoms with Gasteiger partial charge in [0.25, 0.3) is 5.91 Å². The average Bonchev–Trinajstić information content (AvgIpc) is 3.40. The fourth-order valence-electron chi connectivity index (χ4n) is 4.42. The van der Waals surface area contributed by atoms with Crippen LogP contribution in [-0.4, -0.2) is 61.5 Å². The fraction of sp³-hybridized carbons (Fsp3) is 0.276. The lowest BCUT2D eigenvalue weighted by atomic mass is 9.97. The molecule has 1 N–H and O–H groups in total. The maximum atomic E-state index is 14.7. The third kappa shape index (κ3) is 7.01. The van der Waals surface area contributed by atoms with Crippen molar-refractivity contribution in [3.05, 3.63) is 95.3 Å². The van der Waals surface area contributed by atoms with E-state index >= 15 is 0 Å². The van der Waals surface area contributed by atoms with Crippen LogP contribution in [0.3, 0.4) is 0 Å². The Kier molecular flexibility index (Phi) is 9.23. The second-order valence-electron chi connectivity index (χ2n) is 9.15. The van der Waals surface area contributed by atoms with E-state index in [0.717, 1.165) is 24.3 Å². The van der Waals surface area contributed by atoms with E-state index in [0.29, 0.717) is 17.0 Å². The molecule has 0 saturated heterocycles. The van der Waals surface area contributed by atoms with Crippen LogP contribution in [-0.2, 0) is 15.7 Å². The summed E-state index contributed by atoms with van der Waals surface area (Å²) in [5, 5.41) is 8.20. The van der Waals surface area contributed by atoms with Gasteiger partial charge < -0.3 is 19.7 Å². The van der Waals surface area contributed by atoms with Gasteiger partial charge in [0.05, 0.1) is 31.0 Å². The molecule has 0 spiro atoms. The van der Waals surface area contributed by atoms with E-state index in [4.69, 9.17) is 9.47 Å². The van der Waals surface area contributed by atoms with Crippen molar-refractivity contribution in [1.82, 2.24) is 9.91 Å². The number of carbonyl (C=O) groups excluding carboxylic acids is 2. The molecule has 0 bridgehead atoms. The van der Waals surface area contributed by atoms with E-state index < -0.39 is 42.1 Å². The highest BCUT2D eigenvalue weighted by atomic mass is 19.4. The number of nitrogens with one attached hydrogen (secondary N) is 1. The van der Waals surface area contributed by atoms with Crippen molar-refractivity contribution in [2.45, 2.75) is 18.6 Å². The van der Waals surface area contributed by atoms with Crippen molar-refractivity contribution in [2.24, 2.45) is 5.10 Å². The third-order valence-electron chi connectivity index (χ3n) is 6.49. The molecule has 0 saturated carbocycles. The molecular formula is C29H28F4N4O4. The first-order chi connectivity index (χ1) is 19.6. The molecule has 3 aromatic rings. The lowest BCUT2D eigenvalue weighted by molar-refractivity contribution is -0.137. The van der Waals surface area contributed by atoms with Gasteiger partial charge in [0.1, 0.15) is 18.1 Å². The normalized spacial score (nSPS) is 14.9. The number of methoxy groups -OCH3 is 2. The Hall–Kier alpha value is -4.45. The monoisotopic (exact) mass is 572 g/mol. The maximum absolute atomic E-state index is 14.7. The molecule has 3 aromatic carbocycles. The Bertz CT molecular complexity index is 1410. The molecule has 8 nitrogen and oxygen atoms in total. The number of amides is 3. The summed E-state index contributed by atoms with van der Waals surface area (Å²) < 4.78 is 64.0. The summed E-state index contributed by atoms with van der Waals surface area (Å²) in [6, 6.07) is 15.8.